The topological polar surface area (TPSA) is 629 Å². The molecule has 0 saturated carbocycles. The zero-order valence-electron chi connectivity index (χ0n) is 77.2. The predicted octanol–water partition coefficient (Wildman–Crippen LogP) is 9.28. The Morgan fingerprint density at radius 3 is 0.831 bits per heavy atom. The van der Waals surface area contributed by atoms with Gasteiger partial charge in [-0.25, -0.2) is 42.2 Å². The molecule has 1 unspecified atom stereocenters. The van der Waals surface area contributed by atoms with Crippen molar-refractivity contribution in [2.24, 2.45) is 17.8 Å². The summed E-state index contributed by atoms with van der Waals surface area (Å²) in [6.07, 6.45) is -6.45. The molecular formula is C88H115N18O27P3. The van der Waals surface area contributed by atoms with E-state index in [0.717, 1.165) is 0 Å². The highest BCUT2D eigenvalue weighted by Crippen LogP contribution is 2.56. The van der Waals surface area contributed by atoms with Gasteiger partial charge < -0.3 is 88.7 Å². The van der Waals surface area contributed by atoms with Crippen LogP contribution in [0.5, 0.6) is 17.2 Å². The van der Waals surface area contributed by atoms with E-state index in [0.29, 0.717) is 16.6 Å². The highest BCUT2D eigenvalue weighted by molar-refractivity contribution is 7.52. The monoisotopic (exact) mass is 1950 g/mol. The number of fused-ring (bicyclic) bond motifs is 3. The van der Waals surface area contributed by atoms with Crippen molar-refractivity contribution in [2.45, 2.75) is 239 Å². The number of para-hydroxylation sites is 3. The number of rotatable bonds is 36. The van der Waals surface area contributed by atoms with Crippen LogP contribution in [-0.2, 0) is 115 Å². The van der Waals surface area contributed by atoms with Crippen molar-refractivity contribution in [2.75, 3.05) is 37.0 Å². The normalized spacial score (nSPS) is 24.9. The van der Waals surface area contributed by atoms with Gasteiger partial charge in [-0.05, 0) is 156 Å². The second kappa shape index (κ2) is 43.9. The van der Waals surface area contributed by atoms with Crippen molar-refractivity contribution in [1.29, 1.82) is 15.8 Å². The molecule has 3 fully saturated rings. The Balaban J connectivity index is 0.000000228. The van der Waals surface area contributed by atoms with E-state index in [2.05, 4.69) is 45.5 Å². The molecule has 0 aliphatic carbocycles. The van der Waals surface area contributed by atoms with Gasteiger partial charge in [0.1, 0.15) is 124 Å². The average Bonchev–Trinajstić information content (AvgIpc) is 1.56. The smallest absolute Gasteiger partial charge is 0.459 e. The fourth-order valence-corrected chi connectivity index (χ4v) is 18.9. The molecule has 3 aliphatic rings. The molecule has 18 atom stereocenters. The van der Waals surface area contributed by atoms with E-state index in [1.165, 1.54) is 129 Å². The number of nitrogens with two attached hydrogens (primary N) is 3. The first kappa shape index (κ1) is 107. The number of ether oxygens (including phenoxy) is 9. The summed E-state index contributed by atoms with van der Waals surface area (Å²) in [5, 5.41) is 87.9. The molecule has 6 aromatic heterocycles. The fourth-order valence-electron chi connectivity index (χ4n) is 14.4. The van der Waals surface area contributed by atoms with Crippen molar-refractivity contribution >= 4 is 93.1 Å². The minimum atomic E-state index is -4.40. The van der Waals surface area contributed by atoms with E-state index >= 15 is 0 Å². The number of nitrogens with zero attached hydrogens (tertiary/aromatic N) is 12. The lowest BCUT2D eigenvalue weighted by atomic mass is 9.80. The van der Waals surface area contributed by atoms with Gasteiger partial charge in [-0.1, -0.05) is 104 Å². The molecule has 0 radical (unpaired) electrons. The third-order valence-electron chi connectivity index (χ3n) is 21.2. The lowest BCUT2D eigenvalue weighted by Gasteiger charge is -2.34. The van der Waals surface area contributed by atoms with Crippen LogP contribution in [-0.4, -0.2) is 205 Å². The van der Waals surface area contributed by atoms with Gasteiger partial charge in [0.15, 0.2) is 35.8 Å². The standard InChI is InChI=1S/3C29H37N6O9P.CH4/c3*1-17(2)26(36)42-24-22(43-29(15-30,28(24,6)38)23-13-12-21-25(31)32-16-33-35(21)23)14-40-45(39,44-20-10-8-7-9-11-20)34-19(5)27(37)41-18(3)4;/h3*7-13,16-19,22,24,38H,14H2,1-6H3,(H,34,39)(H2,31,32,33);1H4/t19-,22+,24+,28+,29-,45?;19-,22+,24+,28+,29-,45+;19-,22+,24+,28+,29-,45-;/m000./s1. The van der Waals surface area contributed by atoms with Crippen LogP contribution in [0.15, 0.2) is 146 Å². The molecule has 734 valence electrons. The van der Waals surface area contributed by atoms with Crippen LogP contribution in [0.4, 0.5) is 17.5 Å². The highest BCUT2D eigenvalue weighted by Gasteiger charge is 2.71. The van der Waals surface area contributed by atoms with Gasteiger partial charge >= 0.3 is 59.1 Å². The van der Waals surface area contributed by atoms with Crippen LogP contribution in [0.3, 0.4) is 0 Å². The number of hydrogen-bond donors (Lipinski definition) is 9. The lowest BCUT2D eigenvalue weighted by molar-refractivity contribution is -0.168. The van der Waals surface area contributed by atoms with Crippen LogP contribution < -0.4 is 46.0 Å². The fraction of sp³-hybridized carbons (Fsp3) is 0.489. The van der Waals surface area contributed by atoms with Crippen molar-refractivity contribution < 1.29 is 128 Å². The van der Waals surface area contributed by atoms with E-state index in [1.54, 1.807) is 156 Å². The zero-order valence-corrected chi connectivity index (χ0v) is 79.9. The Morgan fingerprint density at radius 1 is 0.397 bits per heavy atom. The number of nitriles is 3. The molecule has 136 heavy (non-hydrogen) atoms. The third kappa shape index (κ3) is 23.4. The zero-order chi connectivity index (χ0) is 99.5. The Hall–Kier alpha value is -12.2. The molecule has 3 aliphatic heterocycles. The van der Waals surface area contributed by atoms with Crippen molar-refractivity contribution in [1.82, 2.24) is 59.1 Å². The Bertz CT molecular complexity index is 5440. The maximum Gasteiger partial charge on any atom is 0.459 e. The number of carbonyl (C=O) groups is 6. The molecule has 0 spiro atoms. The second-order valence-electron chi connectivity index (χ2n) is 33.9. The largest absolute Gasteiger partial charge is 0.462 e. The quantitative estimate of drug-likeness (QED) is 0.0100. The number of nitrogen functional groups attached to an aromatic ring is 3. The van der Waals surface area contributed by atoms with Gasteiger partial charge in [-0.15, -0.1) is 0 Å². The highest BCUT2D eigenvalue weighted by atomic mass is 31.2. The molecule has 45 nitrogen and oxygen atoms in total. The summed E-state index contributed by atoms with van der Waals surface area (Å²) in [5.74, 6) is -5.23. The minimum absolute atomic E-state index is 0. The van der Waals surface area contributed by atoms with E-state index in [1.807, 2.05) is 18.2 Å². The van der Waals surface area contributed by atoms with Gasteiger partial charge in [0, 0.05) is 0 Å². The average molecular weight is 1950 g/mol. The first-order chi connectivity index (χ1) is 63.4. The van der Waals surface area contributed by atoms with E-state index in [4.69, 9.17) is 87.0 Å². The summed E-state index contributed by atoms with van der Waals surface area (Å²) in [5.41, 5.74) is 5.98. The molecule has 12 N–H and O–H groups in total. The number of aliphatic hydroxyl groups is 3. The summed E-state index contributed by atoms with van der Waals surface area (Å²) in [6, 6.07) is 36.0. The summed E-state index contributed by atoms with van der Waals surface area (Å²) in [7, 11) is -13.2. The van der Waals surface area contributed by atoms with Crippen LogP contribution in [0.25, 0.3) is 16.6 Å². The first-order valence-corrected chi connectivity index (χ1v) is 47.3. The molecule has 3 saturated heterocycles. The molecule has 0 bridgehead atoms. The molecule has 9 heterocycles. The Labute approximate surface area is 784 Å². The van der Waals surface area contributed by atoms with Crippen LogP contribution in [0.1, 0.15) is 149 Å². The minimum Gasteiger partial charge on any atom is -0.462 e. The van der Waals surface area contributed by atoms with Crippen LogP contribution >= 0.6 is 23.2 Å². The van der Waals surface area contributed by atoms with Crippen LogP contribution in [0.2, 0.25) is 0 Å². The molecule has 9 aromatic rings. The lowest BCUT2D eigenvalue weighted by Crippen LogP contribution is -2.54. The molecule has 12 rings (SSSR count). The number of benzene rings is 3. The van der Waals surface area contributed by atoms with Crippen molar-refractivity contribution in [3.63, 3.8) is 0 Å². The van der Waals surface area contributed by atoms with E-state index in [-0.39, 0.29) is 59.2 Å². The first-order valence-electron chi connectivity index (χ1n) is 42.7. The Kier molecular flexibility index (Phi) is 34.7. The molecular weight excluding hydrogens is 1830 g/mol. The number of nitrogens with one attached hydrogen (secondary N) is 3. The maximum atomic E-state index is 14.1. The summed E-state index contributed by atoms with van der Waals surface area (Å²) in [4.78, 5) is 88.0. The SMILES string of the molecule is C.CC(C)OC(=O)[C@H](C)NP(=O)(OC[C@H]1O[C@@](C#N)(c2ccc3c(N)ncnn23)[C@](C)(O)[C@@H]1OC(=O)C(C)C)Oc1ccccc1.CC(C)OC(=O)[C@H](C)N[P@@](=O)(OC[C@H]1O[C@@](C#N)(c2ccc3c(N)ncnn23)[C@](C)(O)[C@@H]1OC(=O)C(C)C)Oc1ccccc1.CC(C)OC(=O)[C@H](C)N[P@](=O)(OC[C@H]1O[C@@](C#N)(c2ccc3c(N)ncnn23)[C@](C)(O)[C@@H]1OC(=O)C(C)C)Oc1ccccc1. The van der Waals surface area contributed by atoms with Gasteiger partial charge in [0.05, 0.1) is 73.0 Å². The number of esters is 6. The van der Waals surface area contributed by atoms with Gasteiger partial charge in [0.25, 0.3) is 0 Å². The Morgan fingerprint density at radius 2 is 0.625 bits per heavy atom. The molecule has 48 heteroatoms. The van der Waals surface area contributed by atoms with Crippen LogP contribution in [0, 0.1) is 51.7 Å². The van der Waals surface area contributed by atoms with E-state index < -0.39 is 203 Å². The maximum absolute atomic E-state index is 14.1. The number of anilines is 3. The summed E-state index contributed by atoms with van der Waals surface area (Å²) in [6.45, 7) is 25.8. The number of aromatic nitrogens is 9. The van der Waals surface area contributed by atoms with E-state index in [9.17, 15) is 73.6 Å². The van der Waals surface area contributed by atoms with Crippen molar-refractivity contribution in [3.8, 4) is 35.5 Å². The third-order valence-corrected chi connectivity index (χ3v) is 26.2. The number of hydrogen-bond acceptors (Lipinski definition) is 39. The molecule has 0 amide bonds. The number of carbonyl (C=O) groups excluding carboxylic acids is 6. The van der Waals surface area contributed by atoms with Gasteiger partial charge in [0.2, 0.25) is 16.8 Å². The summed E-state index contributed by atoms with van der Waals surface area (Å²) >= 11 is 0. The molecule has 3 aromatic carbocycles. The van der Waals surface area contributed by atoms with Gasteiger partial charge in [-0.3, -0.25) is 42.3 Å². The van der Waals surface area contributed by atoms with Crippen molar-refractivity contribution in [3.05, 3.63) is 163 Å². The van der Waals surface area contributed by atoms with Gasteiger partial charge in [-0.2, -0.15) is 46.3 Å². The summed E-state index contributed by atoms with van der Waals surface area (Å²) < 4.78 is 132. The predicted molar refractivity (Wildman–Crippen MR) is 485 cm³/mol. The second-order valence-corrected chi connectivity index (χ2v) is 39.0.